The third-order valence-electron chi connectivity index (χ3n) is 0.577. The van der Waals surface area contributed by atoms with E-state index in [1.54, 1.807) is 0 Å². The van der Waals surface area contributed by atoms with Crippen molar-refractivity contribution in [2.75, 3.05) is 0 Å². The fourth-order valence-corrected chi connectivity index (χ4v) is 0. The molecule has 0 amide bonds. The molecular formula is C6H10O4Rh. The van der Waals surface area contributed by atoms with Crippen LogP contribution in [0.5, 0.6) is 0 Å². The second-order valence-corrected chi connectivity index (χ2v) is 1.45. The first-order valence-corrected chi connectivity index (χ1v) is 2.94. The Balaban J connectivity index is -0.000000107. The molecule has 1 radical (unpaired) electrons. The Morgan fingerprint density at radius 3 is 1.09 bits per heavy atom. The van der Waals surface area contributed by atoms with E-state index in [0.29, 0.717) is 0 Å². The van der Waals surface area contributed by atoms with Gasteiger partial charge in [0.05, 0.1) is 0 Å². The zero-order valence-corrected chi connectivity index (χ0v) is 8.02. The number of rotatable bonds is 2. The molecule has 0 heterocycles. The summed E-state index contributed by atoms with van der Waals surface area (Å²) in [7, 11) is 0. The predicted molar refractivity (Wildman–Crippen MR) is 30.6 cm³/mol. The maximum Gasteiger partial charge on any atom is 2.00 e. The molecule has 0 aromatic rings. The maximum atomic E-state index is 9.26. The van der Waals surface area contributed by atoms with Crippen LogP contribution in [0.15, 0.2) is 0 Å². The minimum absolute atomic E-state index is 0. The van der Waals surface area contributed by atoms with Gasteiger partial charge in [-0.2, -0.15) is 0 Å². The van der Waals surface area contributed by atoms with E-state index in [-0.39, 0.29) is 32.3 Å². The molecule has 0 fully saturated rings. The Labute approximate surface area is 78.4 Å². The molecule has 0 saturated carbocycles. The average Bonchev–Trinajstić information content (AvgIpc) is 1.89. The van der Waals surface area contributed by atoms with Crippen LogP contribution in [-0.2, 0) is 29.1 Å². The number of carboxylic acid groups (broad SMARTS) is 2. The van der Waals surface area contributed by atoms with Crippen molar-refractivity contribution in [3.63, 3.8) is 0 Å². The summed E-state index contributed by atoms with van der Waals surface area (Å²) in [5, 5.41) is 18.5. The fraction of sp³-hybridized carbons (Fsp3) is 0.667. The van der Waals surface area contributed by atoms with Gasteiger partial charge in [-0.15, -0.1) is 0 Å². The number of carbonyl (C=O) groups excluding carboxylic acids is 2. The van der Waals surface area contributed by atoms with E-state index < -0.39 is 11.9 Å². The van der Waals surface area contributed by atoms with Gasteiger partial charge in [0.15, 0.2) is 0 Å². The van der Waals surface area contributed by atoms with Crippen LogP contribution in [-0.4, -0.2) is 11.9 Å². The molecule has 0 bridgehead atoms. The van der Waals surface area contributed by atoms with Gasteiger partial charge in [0.25, 0.3) is 0 Å². The topological polar surface area (TPSA) is 80.3 Å². The molecule has 0 aliphatic rings. The van der Waals surface area contributed by atoms with Gasteiger partial charge >= 0.3 is 19.5 Å². The van der Waals surface area contributed by atoms with Crippen molar-refractivity contribution >= 4 is 11.9 Å². The van der Waals surface area contributed by atoms with Crippen LogP contribution in [0.25, 0.3) is 0 Å². The van der Waals surface area contributed by atoms with Crippen LogP contribution in [0.4, 0.5) is 0 Å². The van der Waals surface area contributed by atoms with E-state index in [4.69, 9.17) is 0 Å². The fourth-order valence-electron chi connectivity index (χ4n) is 0. The van der Waals surface area contributed by atoms with Crippen molar-refractivity contribution in [2.24, 2.45) is 0 Å². The Morgan fingerprint density at radius 2 is 1.09 bits per heavy atom. The summed E-state index contributed by atoms with van der Waals surface area (Å²) in [5.74, 6) is -1.99. The molecule has 0 atom stereocenters. The SMILES string of the molecule is CCC(=O)[O-].CCC(=O)[O-].[Rh+2]. The van der Waals surface area contributed by atoms with Gasteiger partial charge in [-0.05, 0) is 12.8 Å². The van der Waals surface area contributed by atoms with Gasteiger partial charge in [-0.1, -0.05) is 13.8 Å². The Morgan fingerprint density at radius 1 is 1.00 bits per heavy atom. The molecule has 0 spiro atoms. The summed E-state index contributed by atoms with van der Waals surface area (Å²) in [6, 6.07) is 0. The first-order chi connectivity index (χ1) is 4.54. The first-order valence-electron chi connectivity index (χ1n) is 2.94. The number of aliphatic carboxylic acids is 2. The minimum Gasteiger partial charge on any atom is -0.550 e. The van der Waals surface area contributed by atoms with E-state index in [9.17, 15) is 19.8 Å². The molecule has 0 aliphatic carbocycles. The van der Waals surface area contributed by atoms with Gasteiger partial charge in [-0.3, -0.25) is 0 Å². The molecule has 4 nitrogen and oxygen atoms in total. The normalized spacial score (nSPS) is 6.73. The molecule has 0 saturated heterocycles. The van der Waals surface area contributed by atoms with E-state index in [0.717, 1.165) is 0 Å². The van der Waals surface area contributed by atoms with Gasteiger partial charge in [0, 0.05) is 11.9 Å². The smallest absolute Gasteiger partial charge is 0.550 e. The van der Waals surface area contributed by atoms with Crippen molar-refractivity contribution < 1.29 is 39.3 Å². The first kappa shape index (κ1) is 16.9. The largest absolute Gasteiger partial charge is 2.00 e. The molecule has 0 aromatic carbocycles. The Hall–Kier alpha value is -0.437. The molecule has 0 unspecified atom stereocenters. The predicted octanol–water partition coefficient (Wildman–Crippen LogP) is -1.71. The number of carboxylic acids is 2. The molecule has 0 rings (SSSR count). The zero-order chi connectivity index (χ0) is 8.57. The Bertz CT molecular complexity index is 99.1. The summed E-state index contributed by atoms with van der Waals surface area (Å²) < 4.78 is 0. The second-order valence-electron chi connectivity index (χ2n) is 1.45. The molecular weight excluding hydrogens is 239 g/mol. The van der Waals surface area contributed by atoms with Crippen molar-refractivity contribution in [1.82, 2.24) is 0 Å². The molecule has 67 valence electrons. The van der Waals surface area contributed by atoms with E-state index in [1.807, 2.05) is 0 Å². The van der Waals surface area contributed by atoms with Crippen molar-refractivity contribution in [1.29, 1.82) is 0 Å². The van der Waals surface area contributed by atoms with Crippen LogP contribution in [0.3, 0.4) is 0 Å². The second kappa shape index (κ2) is 12.3. The summed E-state index contributed by atoms with van der Waals surface area (Å²) in [5.41, 5.74) is 0. The van der Waals surface area contributed by atoms with E-state index in [1.165, 1.54) is 13.8 Å². The summed E-state index contributed by atoms with van der Waals surface area (Å²) in [4.78, 5) is 18.5. The van der Waals surface area contributed by atoms with Crippen molar-refractivity contribution in [3.8, 4) is 0 Å². The van der Waals surface area contributed by atoms with Gasteiger partial charge in [0.2, 0.25) is 0 Å². The van der Waals surface area contributed by atoms with Crippen molar-refractivity contribution in [2.45, 2.75) is 26.7 Å². The zero-order valence-electron chi connectivity index (χ0n) is 6.38. The molecule has 5 heteroatoms. The number of hydrogen-bond acceptors (Lipinski definition) is 4. The minimum atomic E-state index is -0.995. The standard InChI is InChI=1S/2C3H6O2.Rh/c2*1-2-3(4)5;/h2*2H2,1H3,(H,4,5);/q;;+2/p-2. The quantitative estimate of drug-likeness (QED) is 0.546. The van der Waals surface area contributed by atoms with Crippen LogP contribution < -0.4 is 10.2 Å². The number of hydrogen-bond donors (Lipinski definition) is 0. The van der Waals surface area contributed by atoms with Crippen LogP contribution in [0, 0.1) is 0 Å². The summed E-state index contributed by atoms with van der Waals surface area (Å²) in [6.07, 6.45) is 0.222. The molecule has 0 aliphatic heterocycles. The molecule has 0 aromatic heterocycles. The van der Waals surface area contributed by atoms with Gasteiger partial charge < -0.3 is 19.8 Å². The number of carbonyl (C=O) groups is 2. The average molecular weight is 249 g/mol. The molecule has 11 heavy (non-hydrogen) atoms. The van der Waals surface area contributed by atoms with Crippen LogP contribution in [0.1, 0.15) is 26.7 Å². The van der Waals surface area contributed by atoms with Gasteiger partial charge in [-0.25, -0.2) is 0 Å². The third-order valence-corrected chi connectivity index (χ3v) is 0.577. The van der Waals surface area contributed by atoms with E-state index >= 15 is 0 Å². The molecule has 0 N–H and O–H groups in total. The van der Waals surface area contributed by atoms with Crippen molar-refractivity contribution in [3.05, 3.63) is 0 Å². The maximum absolute atomic E-state index is 9.26. The van der Waals surface area contributed by atoms with E-state index in [2.05, 4.69) is 0 Å². The third kappa shape index (κ3) is 43.1. The summed E-state index contributed by atoms with van der Waals surface area (Å²) in [6.45, 7) is 3.07. The van der Waals surface area contributed by atoms with Gasteiger partial charge in [0.1, 0.15) is 0 Å². The monoisotopic (exact) mass is 249 g/mol. The Kier molecular flexibility index (Phi) is 18.8. The van der Waals surface area contributed by atoms with Crippen LogP contribution >= 0.6 is 0 Å². The van der Waals surface area contributed by atoms with Crippen LogP contribution in [0.2, 0.25) is 0 Å². The summed E-state index contributed by atoms with van der Waals surface area (Å²) >= 11 is 0.